The van der Waals surface area contributed by atoms with Crippen LogP contribution in [0.1, 0.15) is 23.2 Å². The van der Waals surface area contributed by atoms with Crippen LogP contribution in [0.25, 0.3) is 0 Å². The number of Topliss-reactive ketones (excluding diaryl/α,β-unsaturated/α-hetero) is 1. The molecule has 1 atom stereocenters. The molecule has 1 saturated heterocycles. The molecule has 0 aromatic heterocycles. The fraction of sp³-hybridized carbons (Fsp3) is 0.364. The Bertz CT molecular complexity index is 386. The van der Waals surface area contributed by atoms with E-state index in [4.69, 9.17) is 5.73 Å². The van der Waals surface area contributed by atoms with Gasteiger partial charge < -0.3 is 11.1 Å². The average Bonchev–Trinajstić information content (AvgIpc) is 2.74. The van der Waals surface area contributed by atoms with E-state index in [-0.39, 0.29) is 17.4 Å². The van der Waals surface area contributed by atoms with Crippen molar-refractivity contribution in [3.63, 3.8) is 0 Å². The molecule has 0 amide bonds. The molecular weight excluding hydrogens is 195 g/mol. The summed E-state index contributed by atoms with van der Waals surface area (Å²) in [6.07, 6.45) is 1.78. The van der Waals surface area contributed by atoms with Crippen molar-refractivity contribution in [1.82, 2.24) is 5.32 Å². The molecule has 0 saturated carbocycles. The second-order valence-electron chi connectivity index (χ2n) is 3.74. The Kier molecular flexibility index (Phi) is 2.68. The molecule has 1 unspecified atom stereocenters. The highest BCUT2D eigenvalue weighted by molar-refractivity contribution is 6.04. The minimum atomic E-state index is -0.425. The van der Waals surface area contributed by atoms with Crippen LogP contribution in [0.5, 0.6) is 0 Å². The van der Waals surface area contributed by atoms with Crippen LogP contribution in [-0.4, -0.2) is 18.4 Å². The molecule has 0 bridgehead atoms. The van der Waals surface area contributed by atoms with Gasteiger partial charge in [0.15, 0.2) is 5.78 Å². The van der Waals surface area contributed by atoms with Gasteiger partial charge in [-0.15, -0.1) is 0 Å². The number of rotatable bonds is 2. The first-order chi connectivity index (χ1) is 7.18. The van der Waals surface area contributed by atoms with Crippen LogP contribution < -0.4 is 11.1 Å². The number of nitrogens with two attached hydrogens (primary N) is 1. The normalized spacial score (nSPS) is 20.5. The van der Waals surface area contributed by atoms with E-state index in [0.717, 1.165) is 19.4 Å². The Balaban J connectivity index is 2.27. The fourth-order valence-corrected chi connectivity index (χ4v) is 1.84. The van der Waals surface area contributed by atoms with Gasteiger partial charge in [-0.05, 0) is 37.6 Å². The molecule has 0 radical (unpaired) electrons. The minimum absolute atomic E-state index is 0.107. The molecule has 0 aliphatic carbocycles. The third-order valence-electron chi connectivity index (χ3n) is 2.66. The van der Waals surface area contributed by atoms with Gasteiger partial charge >= 0.3 is 0 Å². The molecule has 15 heavy (non-hydrogen) atoms. The molecule has 2 rings (SSSR count). The van der Waals surface area contributed by atoms with Crippen molar-refractivity contribution >= 4 is 11.5 Å². The SMILES string of the molecule is Nc1ccc(F)cc1C(=O)C1CCCN1. The van der Waals surface area contributed by atoms with Crippen molar-refractivity contribution in [1.29, 1.82) is 0 Å². The lowest BCUT2D eigenvalue weighted by Crippen LogP contribution is -2.31. The van der Waals surface area contributed by atoms with Crippen molar-refractivity contribution in [3.05, 3.63) is 29.6 Å². The number of benzene rings is 1. The molecule has 1 aliphatic heterocycles. The van der Waals surface area contributed by atoms with Gasteiger partial charge in [-0.1, -0.05) is 0 Å². The Morgan fingerprint density at radius 2 is 2.33 bits per heavy atom. The van der Waals surface area contributed by atoms with Crippen molar-refractivity contribution < 1.29 is 9.18 Å². The second kappa shape index (κ2) is 3.98. The number of carbonyl (C=O) groups is 1. The maximum atomic E-state index is 13.0. The molecule has 0 spiro atoms. The van der Waals surface area contributed by atoms with E-state index in [0.29, 0.717) is 5.69 Å². The van der Waals surface area contributed by atoms with E-state index in [1.54, 1.807) is 0 Å². The smallest absolute Gasteiger partial charge is 0.181 e. The predicted octanol–water partition coefficient (Wildman–Crippen LogP) is 1.34. The van der Waals surface area contributed by atoms with Crippen molar-refractivity contribution in [2.24, 2.45) is 0 Å². The third kappa shape index (κ3) is 1.99. The molecule has 1 fully saturated rings. The molecule has 1 heterocycles. The van der Waals surface area contributed by atoms with Crippen LogP contribution in [0.3, 0.4) is 0 Å². The predicted molar refractivity (Wildman–Crippen MR) is 56.2 cm³/mol. The Morgan fingerprint density at radius 1 is 1.53 bits per heavy atom. The molecule has 4 heteroatoms. The van der Waals surface area contributed by atoms with E-state index in [1.165, 1.54) is 18.2 Å². The number of hydrogen-bond donors (Lipinski definition) is 2. The lowest BCUT2D eigenvalue weighted by molar-refractivity contribution is 0.0953. The van der Waals surface area contributed by atoms with Gasteiger partial charge in [0, 0.05) is 11.3 Å². The topological polar surface area (TPSA) is 55.1 Å². The summed E-state index contributed by atoms with van der Waals surface area (Å²) >= 11 is 0. The van der Waals surface area contributed by atoms with Crippen molar-refractivity contribution in [2.45, 2.75) is 18.9 Å². The van der Waals surface area contributed by atoms with Crippen LogP contribution in [0.4, 0.5) is 10.1 Å². The highest BCUT2D eigenvalue weighted by Crippen LogP contribution is 2.18. The summed E-state index contributed by atoms with van der Waals surface area (Å²) < 4.78 is 13.0. The van der Waals surface area contributed by atoms with Crippen LogP contribution >= 0.6 is 0 Å². The monoisotopic (exact) mass is 208 g/mol. The number of hydrogen-bond acceptors (Lipinski definition) is 3. The highest BCUT2D eigenvalue weighted by Gasteiger charge is 2.24. The molecule has 3 N–H and O–H groups in total. The average molecular weight is 208 g/mol. The largest absolute Gasteiger partial charge is 0.398 e. The van der Waals surface area contributed by atoms with Gasteiger partial charge in [0.2, 0.25) is 0 Å². The third-order valence-corrected chi connectivity index (χ3v) is 2.66. The van der Waals surface area contributed by atoms with Crippen molar-refractivity contribution in [2.75, 3.05) is 12.3 Å². The quantitative estimate of drug-likeness (QED) is 0.569. The van der Waals surface area contributed by atoms with E-state index in [1.807, 2.05) is 0 Å². The minimum Gasteiger partial charge on any atom is -0.398 e. The lowest BCUT2D eigenvalue weighted by atomic mass is 10.0. The highest BCUT2D eigenvalue weighted by atomic mass is 19.1. The molecule has 3 nitrogen and oxygen atoms in total. The number of anilines is 1. The summed E-state index contributed by atoms with van der Waals surface area (Å²) in [5.41, 5.74) is 6.27. The molecule has 1 aromatic rings. The number of nitrogens with one attached hydrogen (secondary N) is 1. The van der Waals surface area contributed by atoms with Crippen molar-refractivity contribution in [3.8, 4) is 0 Å². The molecular formula is C11H13FN2O. The van der Waals surface area contributed by atoms with E-state index in [9.17, 15) is 9.18 Å². The molecule has 1 aromatic carbocycles. The summed E-state index contributed by atoms with van der Waals surface area (Å²) in [5.74, 6) is -0.532. The summed E-state index contributed by atoms with van der Waals surface area (Å²) in [4.78, 5) is 11.9. The number of ketones is 1. The first kappa shape index (κ1) is 10.1. The van der Waals surface area contributed by atoms with Gasteiger partial charge in [0.05, 0.1) is 6.04 Å². The van der Waals surface area contributed by atoms with E-state index in [2.05, 4.69) is 5.32 Å². The number of carbonyl (C=O) groups excluding carboxylic acids is 1. The summed E-state index contributed by atoms with van der Waals surface area (Å²) in [5, 5.41) is 3.07. The summed E-state index contributed by atoms with van der Waals surface area (Å²) in [6, 6.07) is 3.69. The van der Waals surface area contributed by atoms with Gasteiger partial charge in [-0.2, -0.15) is 0 Å². The molecule has 1 aliphatic rings. The molecule has 80 valence electrons. The summed E-state index contributed by atoms with van der Waals surface area (Å²) in [7, 11) is 0. The Morgan fingerprint density at radius 3 is 3.00 bits per heavy atom. The summed E-state index contributed by atoms with van der Waals surface area (Å²) in [6.45, 7) is 0.839. The zero-order valence-electron chi connectivity index (χ0n) is 8.29. The second-order valence-corrected chi connectivity index (χ2v) is 3.74. The maximum Gasteiger partial charge on any atom is 0.181 e. The lowest BCUT2D eigenvalue weighted by Gasteiger charge is -2.10. The first-order valence-corrected chi connectivity index (χ1v) is 5.01. The maximum absolute atomic E-state index is 13.0. The van der Waals surface area contributed by atoms with Gasteiger partial charge in [-0.3, -0.25) is 4.79 Å². The van der Waals surface area contributed by atoms with Gasteiger partial charge in [-0.25, -0.2) is 4.39 Å². The zero-order chi connectivity index (χ0) is 10.8. The van der Waals surface area contributed by atoms with Gasteiger partial charge in [0.25, 0.3) is 0 Å². The fourth-order valence-electron chi connectivity index (χ4n) is 1.84. The zero-order valence-corrected chi connectivity index (χ0v) is 8.29. The Hall–Kier alpha value is -1.42. The van der Waals surface area contributed by atoms with Crippen LogP contribution in [0.15, 0.2) is 18.2 Å². The van der Waals surface area contributed by atoms with E-state index < -0.39 is 5.82 Å². The standard InChI is InChI=1S/C11H13FN2O/c12-7-3-4-9(13)8(6-7)11(15)10-2-1-5-14-10/h3-4,6,10,14H,1-2,5,13H2. The van der Waals surface area contributed by atoms with Crippen LogP contribution in [-0.2, 0) is 0 Å². The number of nitrogen functional groups attached to an aromatic ring is 1. The Labute approximate surface area is 87.5 Å². The van der Waals surface area contributed by atoms with Gasteiger partial charge in [0.1, 0.15) is 5.82 Å². The van der Waals surface area contributed by atoms with Crippen LogP contribution in [0, 0.1) is 5.82 Å². The first-order valence-electron chi connectivity index (χ1n) is 5.01. The van der Waals surface area contributed by atoms with E-state index >= 15 is 0 Å². The number of halogens is 1. The van der Waals surface area contributed by atoms with Crippen LogP contribution in [0.2, 0.25) is 0 Å².